The quantitative estimate of drug-likeness (QED) is 0.530. The Balaban J connectivity index is 1.97. The topological polar surface area (TPSA) is 85.9 Å². The smallest absolute Gasteiger partial charge is 0.338 e. The summed E-state index contributed by atoms with van der Waals surface area (Å²) in [6, 6.07) is 14.3. The Morgan fingerprint density at radius 2 is 1.73 bits per heavy atom. The molecule has 1 aliphatic heterocycles. The summed E-state index contributed by atoms with van der Waals surface area (Å²) in [6.07, 6.45) is -0.288. The Kier molecular flexibility index (Phi) is 7.98. The van der Waals surface area contributed by atoms with Crippen molar-refractivity contribution in [2.24, 2.45) is 5.92 Å². The first-order valence-corrected chi connectivity index (χ1v) is 11.3. The number of urea groups is 1. The Morgan fingerprint density at radius 1 is 1.00 bits per heavy atom. The van der Waals surface area contributed by atoms with Crippen molar-refractivity contribution in [2.45, 2.75) is 53.4 Å². The zero-order chi connectivity index (χ0) is 24.0. The second-order valence-corrected chi connectivity index (χ2v) is 8.38. The first-order valence-electron chi connectivity index (χ1n) is 11.3. The molecule has 1 unspecified atom stereocenters. The third-order valence-electron chi connectivity index (χ3n) is 5.08. The van der Waals surface area contributed by atoms with Crippen LogP contribution in [0.25, 0.3) is 0 Å². The van der Waals surface area contributed by atoms with Crippen LogP contribution in [0.3, 0.4) is 0 Å². The minimum Gasteiger partial charge on any atom is -0.490 e. The maximum absolute atomic E-state index is 13.0. The van der Waals surface area contributed by atoms with Crippen molar-refractivity contribution >= 4 is 12.0 Å². The summed E-state index contributed by atoms with van der Waals surface area (Å²) < 4.78 is 17.3. The lowest BCUT2D eigenvalue weighted by Crippen LogP contribution is -2.47. The maximum atomic E-state index is 13.0. The van der Waals surface area contributed by atoms with Crippen LogP contribution in [0.2, 0.25) is 0 Å². The molecule has 0 radical (unpaired) electrons. The van der Waals surface area contributed by atoms with Gasteiger partial charge >= 0.3 is 12.0 Å². The number of ether oxygens (including phenoxy) is 3. The third-order valence-corrected chi connectivity index (χ3v) is 5.08. The number of hydrogen-bond donors (Lipinski definition) is 2. The molecular formula is C26H32N2O5. The van der Waals surface area contributed by atoms with Gasteiger partial charge in [-0.15, -0.1) is 0 Å². The Labute approximate surface area is 195 Å². The fourth-order valence-electron chi connectivity index (χ4n) is 3.62. The van der Waals surface area contributed by atoms with Crippen LogP contribution >= 0.6 is 0 Å². The largest absolute Gasteiger partial charge is 0.490 e. The summed E-state index contributed by atoms with van der Waals surface area (Å²) in [7, 11) is 0. The Bertz CT molecular complexity index is 1010. The van der Waals surface area contributed by atoms with Crippen molar-refractivity contribution in [3.05, 3.63) is 70.9 Å². The average molecular weight is 453 g/mol. The molecule has 0 fully saturated rings. The van der Waals surface area contributed by atoms with Crippen LogP contribution in [0.5, 0.6) is 11.5 Å². The van der Waals surface area contributed by atoms with Gasteiger partial charge in [-0.2, -0.15) is 0 Å². The number of carbonyl (C=O) groups is 2. The molecule has 3 rings (SSSR count). The first-order chi connectivity index (χ1) is 15.8. The SMILES string of the molecule is CCOc1cc(C2NC(=O)NC(C(C)C)=C2C(=O)OC(C)C)ccc1OCc1ccccc1. The van der Waals surface area contributed by atoms with Crippen LogP contribution in [0.15, 0.2) is 59.8 Å². The highest BCUT2D eigenvalue weighted by Gasteiger charge is 2.35. The van der Waals surface area contributed by atoms with Gasteiger partial charge in [0, 0.05) is 5.70 Å². The zero-order valence-corrected chi connectivity index (χ0v) is 19.8. The molecule has 0 spiro atoms. The summed E-state index contributed by atoms with van der Waals surface area (Å²) in [5, 5.41) is 5.65. The van der Waals surface area contributed by atoms with E-state index < -0.39 is 12.0 Å². The molecule has 176 valence electrons. The molecule has 0 aliphatic carbocycles. The van der Waals surface area contributed by atoms with Gasteiger partial charge in [-0.3, -0.25) is 0 Å². The van der Waals surface area contributed by atoms with Crippen LogP contribution < -0.4 is 20.1 Å². The lowest BCUT2D eigenvalue weighted by Gasteiger charge is -2.31. The molecule has 0 saturated carbocycles. The molecule has 1 atom stereocenters. The van der Waals surface area contributed by atoms with E-state index in [0.29, 0.717) is 41.5 Å². The van der Waals surface area contributed by atoms with Crippen molar-refractivity contribution in [1.29, 1.82) is 0 Å². The van der Waals surface area contributed by atoms with Crippen molar-refractivity contribution in [1.82, 2.24) is 10.6 Å². The minimum absolute atomic E-state index is 0.0758. The minimum atomic E-state index is -0.676. The molecule has 2 aromatic rings. The normalized spacial score (nSPS) is 15.8. The molecule has 2 N–H and O–H groups in total. The van der Waals surface area contributed by atoms with Gasteiger partial charge in [0.15, 0.2) is 11.5 Å². The van der Waals surface area contributed by atoms with Gasteiger partial charge in [0.1, 0.15) is 6.61 Å². The number of allylic oxidation sites excluding steroid dienone is 1. The van der Waals surface area contributed by atoms with E-state index in [0.717, 1.165) is 5.56 Å². The maximum Gasteiger partial charge on any atom is 0.338 e. The Hall–Kier alpha value is -3.48. The lowest BCUT2D eigenvalue weighted by molar-refractivity contribution is -0.143. The summed E-state index contributed by atoms with van der Waals surface area (Å²) in [5.74, 6) is 0.590. The van der Waals surface area contributed by atoms with Gasteiger partial charge in [0.05, 0.1) is 24.3 Å². The van der Waals surface area contributed by atoms with Gasteiger partial charge in [-0.1, -0.05) is 50.2 Å². The highest BCUT2D eigenvalue weighted by molar-refractivity contribution is 5.95. The number of carbonyl (C=O) groups excluding carboxylic acids is 2. The van der Waals surface area contributed by atoms with E-state index in [1.807, 2.05) is 57.2 Å². The summed E-state index contributed by atoms with van der Waals surface area (Å²) in [6.45, 7) is 10.2. The van der Waals surface area contributed by atoms with E-state index in [-0.39, 0.29) is 18.1 Å². The molecule has 0 aromatic heterocycles. The summed E-state index contributed by atoms with van der Waals surface area (Å²) in [4.78, 5) is 25.4. The van der Waals surface area contributed by atoms with Gasteiger partial charge < -0.3 is 24.8 Å². The standard InChI is InChI=1S/C26H32N2O5/c1-6-31-21-14-19(12-13-20(21)32-15-18-10-8-7-9-11-18)24-22(25(29)33-17(4)5)23(16(2)3)27-26(30)28-24/h7-14,16-17,24H,6,15H2,1-5H3,(H2,27,28,30). The molecular weight excluding hydrogens is 420 g/mol. The molecule has 33 heavy (non-hydrogen) atoms. The number of esters is 1. The van der Waals surface area contributed by atoms with E-state index in [1.165, 1.54) is 0 Å². The van der Waals surface area contributed by atoms with Crippen LogP contribution in [-0.2, 0) is 16.1 Å². The van der Waals surface area contributed by atoms with E-state index in [9.17, 15) is 9.59 Å². The summed E-state index contributed by atoms with van der Waals surface area (Å²) >= 11 is 0. The average Bonchev–Trinajstić information content (AvgIpc) is 2.78. The Morgan fingerprint density at radius 3 is 2.36 bits per heavy atom. The van der Waals surface area contributed by atoms with Gasteiger partial charge in [0.25, 0.3) is 0 Å². The molecule has 7 nitrogen and oxygen atoms in total. The zero-order valence-electron chi connectivity index (χ0n) is 19.8. The van der Waals surface area contributed by atoms with Crippen LogP contribution in [0.4, 0.5) is 4.79 Å². The molecule has 0 bridgehead atoms. The molecule has 2 amide bonds. The fourth-order valence-corrected chi connectivity index (χ4v) is 3.62. The second-order valence-electron chi connectivity index (χ2n) is 8.38. The van der Waals surface area contributed by atoms with Crippen molar-refractivity contribution in [2.75, 3.05) is 6.61 Å². The van der Waals surface area contributed by atoms with Gasteiger partial charge in [-0.05, 0) is 49.9 Å². The van der Waals surface area contributed by atoms with Crippen molar-refractivity contribution in [3.63, 3.8) is 0 Å². The van der Waals surface area contributed by atoms with Crippen LogP contribution in [-0.4, -0.2) is 24.7 Å². The van der Waals surface area contributed by atoms with E-state index in [4.69, 9.17) is 14.2 Å². The predicted molar refractivity (Wildman–Crippen MR) is 126 cm³/mol. The molecule has 1 aliphatic rings. The fraction of sp³-hybridized carbons (Fsp3) is 0.385. The molecule has 2 aromatic carbocycles. The van der Waals surface area contributed by atoms with E-state index in [1.54, 1.807) is 26.0 Å². The number of nitrogens with one attached hydrogen (secondary N) is 2. The molecule has 1 heterocycles. The first kappa shape index (κ1) is 24.2. The second kappa shape index (κ2) is 10.9. The molecule has 0 saturated heterocycles. The highest BCUT2D eigenvalue weighted by Crippen LogP contribution is 2.36. The molecule has 7 heteroatoms. The number of rotatable bonds is 9. The van der Waals surface area contributed by atoms with Crippen LogP contribution in [0.1, 0.15) is 51.8 Å². The third kappa shape index (κ3) is 6.06. The van der Waals surface area contributed by atoms with E-state index >= 15 is 0 Å². The number of hydrogen-bond acceptors (Lipinski definition) is 5. The lowest BCUT2D eigenvalue weighted by atomic mass is 9.91. The number of amides is 2. The predicted octanol–water partition coefficient (Wildman–Crippen LogP) is 4.88. The van der Waals surface area contributed by atoms with Crippen molar-refractivity contribution < 1.29 is 23.8 Å². The van der Waals surface area contributed by atoms with Gasteiger partial charge in [-0.25, -0.2) is 9.59 Å². The highest BCUT2D eigenvalue weighted by atomic mass is 16.5. The summed E-state index contributed by atoms with van der Waals surface area (Å²) in [5.41, 5.74) is 2.68. The van der Waals surface area contributed by atoms with Gasteiger partial charge in [0.2, 0.25) is 0 Å². The van der Waals surface area contributed by atoms with Crippen LogP contribution in [0, 0.1) is 5.92 Å². The monoisotopic (exact) mass is 452 g/mol. The van der Waals surface area contributed by atoms with Crippen molar-refractivity contribution in [3.8, 4) is 11.5 Å². The van der Waals surface area contributed by atoms with E-state index in [2.05, 4.69) is 10.6 Å². The number of benzene rings is 2.